The van der Waals surface area contributed by atoms with Crippen molar-refractivity contribution >= 4 is 11.8 Å². The van der Waals surface area contributed by atoms with Gasteiger partial charge in [0.15, 0.2) is 0 Å². The second kappa shape index (κ2) is 6.84. The zero-order chi connectivity index (χ0) is 15.5. The van der Waals surface area contributed by atoms with E-state index in [-0.39, 0.29) is 5.82 Å². The average Bonchev–Trinajstić information content (AvgIpc) is 2.82. The number of benzene rings is 1. The predicted molar refractivity (Wildman–Crippen MR) is 90.2 cm³/mol. The summed E-state index contributed by atoms with van der Waals surface area (Å²) in [6.45, 7) is 4.98. The van der Waals surface area contributed by atoms with Crippen LogP contribution >= 0.6 is 11.8 Å². The van der Waals surface area contributed by atoms with Gasteiger partial charge in [-0.1, -0.05) is 0 Å². The van der Waals surface area contributed by atoms with Crippen molar-refractivity contribution in [3.63, 3.8) is 0 Å². The molecule has 0 amide bonds. The van der Waals surface area contributed by atoms with Crippen molar-refractivity contribution in [3.05, 3.63) is 47.0 Å². The summed E-state index contributed by atoms with van der Waals surface area (Å²) in [4.78, 5) is 0. The third-order valence-corrected chi connectivity index (χ3v) is 5.35. The molecule has 1 aliphatic rings. The zero-order valence-corrected chi connectivity index (χ0v) is 13.9. The quantitative estimate of drug-likeness (QED) is 0.933. The van der Waals surface area contributed by atoms with Gasteiger partial charge >= 0.3 is 0 Å². The summed E-state index contributed by atoms with van der Waals surface area (Å²) in [5, 5.41) is 8.29. The van der Waals surface area contributed by atoms with Crippen molar-refractivity contribution in [2.45, 2.75) is 39.3 Å². The first-order valence-corrected chi connectivity index (χ1v) is 8.93. The van der Waals surface area contributed by atoms with E-state index in [1.54, 1.807) is 12.1 Å². The van der Waals surface area contributed by atoms with Crippen LogP contribution in [0.1, 0.15) is 29.8 Å². The van der Waals surface area contributed by atoms with Crippen LogP contribution in [0.25, 0.3) is 5.69 Å². The lowest BCUT2D eigenvalue weighted by Crippen LogP contribution is -2.32. The smallest absolute Gasteiger partial charge is 0.123 e. The lowest BCUT2D eigenvalue weighted by Gasteiger charge is -2.22. The highest BCUT2D eigenvalue weighted by Crippen LogP contribution is 2.20. The van der Waals surface area contributed by atoms with Crippen LogP contribution in [0.4, 0.5) is 4.39 Å². The molecule has 118 valence electrons. The van der Waals surface area contributed by atoms with Crippen LogP contribution in [-0.2, 0) is 6.54 Å². The Hall–Kier alpha value is -1.33. The van der Waals surface area contributed by atoms with Crippen molar-refractivity contribution in [2.75, 3.05) is 11.5 Å². The summed E-state index contributed by atoms with van der Waals surface area (Å²) in [6.07, 6.45) is 2.49. The summed E-state index contributed by atoms with van der Waals surface area (Å²) >= 11 is 2.04. The van der Waals surface area contributed by atoms with E-state index in [1.807, 2.05) is 23.4 Å². The van der Waals surface area contributed by atoms with E-state index in [1.165, 1.54) is 42.0 Å². The van der Waals surface area contributed by atoms with Crippen LogP contribution in [0.15, 0.2) is 24.3 Å². The van der Waals surface area contributed by atoms with Crippen molar-refractivity contribution in [1.29, 1.82) is 0 Å². The lowest BCUT2D eigenvalue weighted by atomic mass is 10.1. The molecule has 0 saturated carbocycles. The summed E-state index contributed by atoms with van der Waals surface area (Å²) < 4.78 is 15.0. The number of halogens is 1. The highest BCUT2D eigenvalue weighted by Gasteiger charge is 2.16. The molecular weight excluding hydrogens is 297 g/mol. The fourth-order valence-corrected chi connectivity index (χ4v) is 4.02. The lowest BCUT2D eigenvalue weighted by molar-refractivity contribution is 0.481. The molecule has 1 aromatic carbocycles. The first-order valence-electron chi connectivity index (χ1n) is 7.77. The molecule has 22 heavy (non-hydrogen) atoms. The Kier molecular flexibility index (Phi) is 4.84. The number of hydrogen-bond donors (Lipinski definition) is 1. The second-order valence-corrected chi connectivity index (χ2v) is 7.03. The number of hydrogen-bond acceptors (Lipinski definition) is 3. The minimum atomic E-state index is -0.220. The third-order valence-electron chi connectivity index (χ3n) is 4.30. The number of nitrogens with one attached hydrogen (secondary N) is 1. The Bertz CT molecular complexity index is 630. The number of aromatic nitrogens is 2. The van der Waals surface area contributed by atoms with Crippen LogP contribution in [0.2, 0.25) is 0 Å². The molecule has 1 aromatic heterocycles. The number of rotatable bonds is 4. The second-order valence-electron chi connectivity index (χ2n) is 5.81. The van der Waals surface area contributed by atoms with Crippen molar-refractivity contribution in [1.82, 2.24) is 15.1 Å². The Labute approximate surface area is 135 Å². The van der Waals surface area contributed by atoms with Gasteiger partial charge < -0.3 is 5.32 Å². The minimum Gasteiger partial charge on any atom is -0.310 e. The average molecular weight is 319 g/mol. The van der Waals surface area contributed by atoms with Crippen molar-refractivity contribution in [3.8, 4) is 5.69 Å². The van der Waals surface area contributed by atoms with Crippen LogP contribution in [0.5, 0.6) is 0 Å². The molecule has 2 aromatic rings. The van der Waals surface area contributed by atoms with Crippen molar-refractivity contribution < 1.29 is 4.39 Å². The maximum atomic E-state index is 13.1. The molecule has 1 fully saturated rings. The van der Waals surface area contributed by atoms with Gasteiger partial charge in [0.05, 0.1) is 11.4 Å². The molecule has 1 aliphatic heterocycles. The van der Waals surface area contributed by atoms with Crippen LogP contribution in [0, 0.1) is 19.7 Å². The first-order chi connectivity index (χ1) is 10.6. The van der Waals surface area contributed by atoms with E-state index < -0.39 is 0 Å². The molecule has 0 unspecified atom stereocenters. The molecule has 1 saturated heterocycles. The molecule has 2 heterocycles. The van der Waals surface area contributed by atoms with E-state index in [0.717, 1.165) is 23.6 Å². The van der Waals surface area contributed by atoms with Gasteiger partial charge in [-0.15, -0.1) is 0 Å². The molecular formula is C17H22FN3S. The Balaban J connectivity index is 1.76. The standard InChI is InChI=1S/C17H22FN3S/c1-12-17(11-19-15-7-9-22-10-8-15)13(2)21(20-12)16-5-3-14(18)4-6-16/h3-6,15,19H,7-11H2,1-2H3. The fraction of sp³-hybridized carbons (Fsp3) is 0.471. The van der Waals surface area contributed by atoms with Gasteiger partial charge in [-0.2, -0.15) is 16.9 Å². The van der Waals surface area contributed by atoms with Gasteiger partial charge in [-0.05, 0) is 62.5 Å². The molecule has 0 aliphatic carbocycles. The molecule has 0 atom stereocenters. The van der Waals surface area contributed by atoms with Gasteiger partial charge in [0, 0.05) is 23.8 Å². The minimum absolute atomic E-state index is 0.220. The van der Waals surface area contributed by atoms with E-state index in [2.05, 4.69) is 17.3 Å². The van der Waals surface area contributed by atoms with Crippen LogP contribution < -0.4 is 5.32 Å². The third kappa shape index (κ3) is 3.36. The number of nitrogens with zero attached hydrogens (tertiary/aromatic N) is 2. The fourth-order valence-electron chi connectivity index (χ4n) is 2.91. The van der Waals surface area contributed by atoms with Gasteiger partial charge in [0.1, 0.15) is 5.82 Å². The monoisotopic (exact) mass is 319 g/mol. The first kappa shape index (κ1) is 15.6. The Morgan fingerprint density at radius 3 is 2.59 bits per heavy atom. The SMILES string of the molecule is Cc1nn(-c2ccc(F)cc2)c(C)c1CNC1CCSCC1. The summed E-state index contributed by atoms with van der Waals surface area (Å²) in [7, 11) is 0. The maximum absolute atomic E-state index is 13.1. The highest BCUT2D eigenvalue weighted by atomic mass is 32.2. The van der Waals surface area contributed by atoms with E-state index >= 15 is 0 Å². The summed E-state index contributed by atoms with van der Waals surface area (Å²) in [5.74, 6) is 2.29. The molecule has 0 spiro atoms. The van der Waals surface area contributed by atoms with Gasteiger partial charge in [0.25, 0.3) is 0 Å². The normalized spacial score (nSPS) is 16.1. The topological polar surface area (TPSA) is 29.9 Å². The molecule has 5 heteroatoms. The van der Waals surface area contributed by atoms with Crippen LogP contribution in [0.3, 0.4) is 0 Å². The summed E-state index contributed by atoms with van der Waals surface area (Å²) in [6, 6.07) is 7.11. The predicted octanol–water partition coefficient (Wildman–Crippen LogP) is 3.61. The van der Waals surface area contributed by atoms with E-state index in [9.17, 15) is 4.39 Å². The number of aryl methyl sites for hydroxylation is 1. The summed E-state index contributed by atoms with van der Waals surface area (Å²) in [5.41, 5.74) is 4.33. The van der Waals surface area contributed by atoms with Crippen LogP contribution in [-0.4, -0.2) is 27.3 Å². The molecule has 3 rings (SSSR count). The Morgan fingerprint density at radius 2 is 1.91 bits per heavy atom. The van der Waals surface area contributed by atoms with Crippen molar-refractivity contribution in [2.24, 2.45) is 0 Å². The highest BCUT2D eigenvalue weighted by molar-refractivity contribution is 7.99. The van der Waals surface area contributed by atoms with Gasteiger partial charge in [-0.25, -0.2) is 9.07 Å². The molecule has 0 radical (unpaired) electrons. The van der Waals surface area contributed by atoms with Gasteiger partial charge in [0.2, 0.25) is 0 Å². The zero-order valence-electron chi connectivity index (χ0n) is 13.1. The largest absolute Gasteiger partial charge is 0.310 e. The van der Waals surface area contributed by atoms with E-state index in [4.69, 9.17) is 0 Å². The van der Waals surface area contributed by atoms with Gasteiger partial charge in [-0.3, -0.25) is 0 Å². The molecule has 1 N–H and O–H groups in total. The molecule has 0 bridgehead atoms. The van der Waals surface area contributed by atoms with E-state index in [0.29, 0.717) is 6.04 Å². The Morgan fingerprint density at radius 1 is 1.23 bits per heavy atom. The number of thioether (sulfide) groups is 1. The molecule has 3 nitrogen and oxygen atoms in total. The maximum Gasteiger partial charge on any atom is 0.123 e.